The molecule has 2 N–H and O–H groups in total. The Morgan fingerprint density at radius 3 is 2.61 bits per heavy atom. The highest BCUT2D eigenvalue weighted by atomic mass is 32.2. The van der Waals surface area contributed by atoms with Crippen LogP contribution >= 0.6 is 11.8 Å². The molecule has 124 valence electrons. The summed E-state index contributed by atoms with van der Waals surface area (Å²) in [5, 5.41) is 16.5. The van der Waals surface area contributed by atoms with Crippen LogP contribution in [0.3, 0.4) is 0 Å². The van der Waals surface area contributed by atoms with Gasteiger partial charge in [-0.25, -0.2) is 0 Å². The Morgan fingerprint density at radius 1 is 1.17 bits per heavy atom. The molecule has 2 aromatic rings. The lowest BCUT2D eigenvalue weighted by Gasteiger charge is -2.33. The van der Waals surface area contributed by atoms with Crippen LogP contribution in [-0.4, -0.2) is 35.9 Å². The van der Waals surface area contributed by atoms with Crippen LogP contribution in [0.5, 0.6) is 5.75 Å². The third-order valence-electron chi connectivity index (χ3n) is 4.73. The second-order valence-electron chi connectivity index (χ2n) is 6.41. The number of hydrogen-bond donors (Lipinski definition) is 2. The summed E-state index contributed by atoms with van der Waals surface area (Å²) in [6.45, 7) is 2.82. The normalized spacial score (nSPS) is 18.7. The monoisotopic (exact) mass is 331 g/mol. The zero-order valence-electron chi connectivity index (χ0n) is 13.8. The number of nitrogens with one attached hydrogen (secondary N) is 1. The number of rotatable bonds is 5. The van der Waals surface area contributed by atoms with Gasteiger partial charge in [-0.15, -0.1) is 0 Å². The fourth-order valence-electron chi connectivity index (χ4n) is 3.03. The van der Waals surface area contributed by atoms with Crippen molar-refractivity contribution in [3.05, 3.63) is 42.0 Å². The molecular weight excluding hydrogens is 306 g/mol. The maximum Gasteiger partial charge on any atom is 0.119 e. The minimum atomic E-state index is -0.538. The zero-order valence-corrected chi connectivity index (χ0v) is 14.7. The first kappa shape index (κ1) is 16.6. The van der Waals surface area contributed by atoms with Gasteiger partial charge in [-0.1, -0.05) is 18.2 Å². The zero-order chi connectivity index (χ0) is 16.3. The molecule has 1 saturated heterocycles. The lowest BCUT2D eigenvalue weighted by Crippen LogP contribution is -2.44. The van der Waals surface area contributed by atoms with Crippen molar-refractivity contribution >= 4 is 22.5 Å². The molecule has 1 fully saturated rings. The molecule has 1 unspecified atom stereocenters. The lowest BCUT2D eigenvalue weighted by molar-refractivity contribution is 0.0300. The van der Waals surface area contributed by atoms with Gasteiger partial charge in [0.1, 0.15) is 5.75 Å². The highest BCUT2D eigenvalue weighted by Gasteiger charge is 2.29. The molecule has 4 heteroatoms. The van der Waals surface area contributed by atoms with Crippen molar-refractivity contribution in [2.24, 2.45) is 0 Å². The molecule has 0 aromatic heterocycles. The molecule has 1 aliphatic heterocycles. The Labute approximate surface area is 142 Å². The summed E-state index contributed by atoms with van der Waals surface area (Å²) in [6, 6.07) is 12.9. The van der Waals surface area contributed by atoms with Gasteiger partial charge in [-0.05, 0) is 65.8 Å². The number of thioether (sulfide) groups is 1. The SMILES string of the molecule is COc1ccc2cc(C(C)NCC3(O)CCSCC3)ccc2c1. The van der Waals surface area contributed by atoms with Crippen LogP contribution in [0.4, 0.5) is 0 Å². The Morgan fingerprint density at radius 2 is 1.87 bits per heavy atom. The van der Waals surface area contributed by atoms with Gasteiger partial charge in [0.05, 0.1) is 12.7 Å². The van der Waals surface area contributed by atoms with E-state index in [1.807, 2.05) is 17.8 Å². The van der Waals surface area contributed by atoms with Crippen LogP contribution in [0.25, 0.3) is 10.8 Å². The molecule has 2 aromatic carbocycles. The van der Waals surface area contributed by atoms with Gasteiger partial charge in [-0.2, -0.15) is 11.8 Å². The summed E-state index contributed by atoms with van der Waals surface area (Å²) < 4.78 is 5.27. The van der Waals surface area contributed by atoms with Crippen LogP contribution in [0.15, 0.2) is 36.4 Å². The van der Waals surface area contributed by atoms with E-state index in [2.05, 4.69) is 42.6 Å². The highest BCUT2D eigenvalue weighted by molar-refractivity contribution is 7.99. The quantitative estimate of drug-likeness (QED) is 0.875. The molecule has 23 heavy (non-hydrogen) atoms. The molecule has 3 nitrogen and oxygen atoms in total. The average Bonchev–Trinajstić information content (AvgIpc) is 2.59. The fourth-order valence-corrected chi connectivity index (χ4v) is 4.28. The molecular formula is C19H25NO2S. The van der Waals surface area contributed by atoms with E-state index in [4.69, 9.17) is 4.74 Å². The summed E-state index contributed by atoms with van der Waals surface area (Å²) in [5.41, 5.74) is 0.709. The molecule has 3 rings (SSSR count). The van der Waals surface area contributed by atoms with Crippen LogP contribution in [0, 0.1) is 0 Å². The smallest absolute Gasteiger partial charge is 0.119 e. The number of benzene rings is 2. The van der Waals surface area contributed by atoms with Crippen molar-refractivity contribution < 1.29 is 9.84 Å². The first-order valence-electron chi connectivity index (χ1n) is 8.21. The van der Waals surface area contributed by atoms with E-state index < -0.39 is 5.60 Å². The van der Waals surface area contributed by atoms with Gasteiger partial charge in [0.25, 0.3) is 0 Å². The maximum atomic E-state index is 10.6. The number of fused-ring (bicyclic) bond motifs is 1. The van der Waals surface area contributed by atoms with E-state index in [0.717, 1.165) is 30.1 Å². The summed E-state index contributed by atoms with van der Waals surface area (Å²) in [7, 11) is 1.69. The summed E-state index contributed by atoms with van der Waals surface area (Å²) in [5.74, 6) is 3.00. The standard InChI is InChI=1S/C19H25NO2S/c1-14(20-13-19(21)7-9-23-10-8-19)15-3-4-17-12-18(22-2)6-5-16(17)11-15/h3-6,11-12,14,20-21H,7-10,13H2,1-2H3. The fraction of sp³-hybridized carbons (Fsp3) is 0.474. The van der Waals surface area contributed by atoms with E-state index in [0.29, 0.717) is 6.54 Å². The molecule has 1 atom stereocenters. The highest BCUT2D eigenvalue weighted by Crippen LogP contribution is 2.28. The maximum absolute atomic E-state index is 10.6. The van der Waals surface area contributed by atoms with Gasteiger partial charge < -0.3 is 15.2 Å². The van der Waals surface area contributed by atoms with Crippen LogP contribution in [-0.2, 0) is 0 Å². The third kappa shape index (κ3) is 4.00. The predicted octanol–water partition coefficient (Wildman–Crippen LogP) is 3.76. The lowest BCUT2D eigenvalue weighted by atomic mass is 9.95. The van der Waals surface area contributed by atoms with Crippen molar-refractivity contribution in [3.63, 3.8) is 0 Å². The predicted molar refractivity (Wildman–Crippen MR) is 98.4 cm³/mol. The van der Waals surface area contributed by atoms with E-state index in [-0.39, 0.29) is 6.04 Å². The summed E-state index contributed by atoms with van der Waals surface area (Å²) in [6.07, 6.45) is 1.77. The summed E-state index contributed by atoms with van der Waals surface area (Å²) >= 11 is 1.93. The van der Waals surface area contributed by atoms with Gasteiger partial charge >= 0.3 is 0 Å². The number of ether oxygens (including phenoxy) is 1. The van der Waals surface area contributed by atoms with Crippen molar-refractivity contribution in [2.45, 2.75) is 31.4 Å². The Hall–Kier alpha value is -1.23. The molecule has 0 amide bonds. The molecule has 1 aliphatic rings. The van der Waals surface area contributed by atoms with E-state index in [1.54, 1.807) is 7.11 Å². The summed E-state index contributed by atoms with van der Waals surface area (Å²) in [4.78, 5) is 0. The molecule has 1 heterocycles. The average molecular weight is 331 g/mol. The number of methoxy groups -OCH3 is 1. The largest absolute Gasteiger partial charge is 0.497 e. The molecule has 0 spiro atoms. The van der Waals surface area contributed by atoms with Crippen molar-refractivity contribution in [1.29, 1.82) is 0 Å². The number of aliphatic hydroxyl groups is 1. The second-order valence-corrected chi connectivity index (χ2v) is 7.64. The van der Waals surface area contributed by atoms with Gasteiger partial charge in [0.15, 0.2) is 0 Å². The number of hydrogen-bond acceptors (Lipinski definition) is 4. The Bertz CT molecular complexity index is 667. The molecule has 0 radical (unpaired) electrons. The second kappa shape index (κ2) is 7.12. The van der Waals surface area contributed by atoms with Crippen molar-refractivity contribution in [1.82, 2.24) is 5.32 Å². The first-order valence-corrected chi connectivity index (χ1v) is 9.36. The van der Waals surface area contributed by atoms with Gasteiger partial charge in [-0.3, -0.25) is 0 Å². The van der Waals surface area contributed by atoms with Crippen LogP contribution < -0.4 is 10.1 Å². The first-order chi connectivity index (χ1) is 11.1. The molecule has 0 saturated carbocycles. The molecule has 0 bridgehead atoms. The molecule has 0 aliphatic carbocycles. The van der Waals surface area contributed by atoms with E-state index >= 15 is 0 Å². The Balaban J connectivity index is 1.69. The minimum absolute atomic E-state index is 0.222. The van der Waals surface area contributed by atoms with Gasteiger partial charge in [0, 0.05) is 12.6 Å². The topological polar surface area (TPSA) is 41.5 Å². The van der Waals surface area contributed by atoms with Crippen molar-refractivity contribution in [3.8, 4) is 5.75 Å². The van der Waals surface area contributed by atoms with Crippen molar-refractivity contribution in [2.75, 3.05) is 25.2 Å². The van der Waals surface area contributed by atoms with E-state index in [9.17, 15) is 5.11 Å². The minimum Gasteiger partial charge on any atom is -0.497 e. The third-order valence-corrected chi connectivity index (χ3v) is 5.72. The van der Waals surface area contributed by atoms with Crippen LogP contribution in [0.1, 0.15) is 31.4 Å². The van der Waals surface area contributed by atoms with Crippen LogP contribution in [0.2, 0.25) is 0 Å². The Kier molecular flexibility index (Phi) is 5.14. The van der Waals surface area contributed by atoms with Gasteiger partial charge in [0.2, 0.25) is 0 Å². The van der Waals surface area contributed by atoms with E-state index in [1.165, 1.54) is 16.3 Å².